The lowest BCUT2D eigenvalue weighted by Gasteiger charge is -2.28. The van der Waals surface area contributed by atoms with Crippen molar-refractivity contribution in [3.63, 3.8) is 0 Å². The third kappa shape index (κ3) is 6.71. The van der Waals surface area contributed by atoms with Gasteiger partial charge in [-0.2, -0.15) is 0 Å². The highest BCUT2D eigenvalue weighted by Crippen LogP contribution is 2.28. The maximum absolute atomic E-state index is 10.3. The van der Waals surface area contributed by atoms with Gasteiger partial charge in [-0.15, -0.1) is 0 Å². The van der Waals surface area contributed by atoms with Gasteiger partial charge >= 0.3 is 0 Å². The molecule has 0 aliphatic carbocycles. The lowest BCUT2D eigenvalue weighted by Crippen LogP contribution is -2.42. The number of morpholine rings is 1. The zero-order valence-electron chi connectivity index (χ0n) is 17.3. The molecule has 3 rings (SSSR count). The topological polar surface area (TPSA) is 81.0 Å². The molecule has 2 N–H and O–H groups in total. The highest BCUT2D eigenvalue weighted by atomic mass is 16.5. The quantitative estimate of drug-likeness (QED) is 0.542. The number of aromatic nitrogens is 2. The Bertz CT molecular complexity index is 746. The van der Waals surface area contributed by atoms with Crippen LogP contribution in [0.4, 0.5) is 0 Å². The molecule has 0 amide bonds. The van der Waals surface area contributed by atoms with Gasteiger partial charge in [0, 0.05) is 51.7 Å². The Labute approximate surface area is 172 Å². The molecule has 0 saturated carbocycles. The summed E-state index contributed by atoms with van der Waals surface area (Å²) in [7, 11) is 1.63. The molecule has 160 valence electrons. The Morgan fingerprint density at radius 3 is 2.83 bits per heavy atom. The summed E-state index contributed by atoms with van der Waals surface area (Å²) in [5.41, 5.74) is 1.12. The van der Waals surface area contributed by atoms with E-state index in [4.69, 9.17) is 14.2 Å². The second-order valence-corrected chi connectivity index (χ2v) is 7.21. The van der Waals surface area contributed by atoms with Crippen molar-refractivity contribution in [2.75, 3.05) is 53.1 Å². The molecular formula is C21H32N4O4. The Morgan fingerprint density at radius 2 is 2.10 bits per heavy atom. The van der Waals surface area contributed by atoms with Gasteiger partial charge in [0.15, 0.2) is 11.5 Å². The van der Waals surface area contributed by atoms with Crippen molar-refractivity contribution in [1.29, 1.82) is 0 Å². The van der Waals surface area contributed by atoms with Crippen LogP contribution in [0, 0.1) is 6.92 Å². The lowest BCUT2D eigenvalue weighted by atomic mass is 10.2. The second-order valence-electron chi connectivity index (χ2n) is 7.21. The van der Waals surface area contributed by atoms with Crippen LogP contribution in [0.1, 0.15) is 11.4 Å². The number of β-amino-alcohol motifs (C(OH)–C–C–N with tert-alkyl or cyclic N) is 1. The van der Waals surface area contributed by atoms with Gasteiger partial charge in [0.25, 0.3) is 0 Å². The summed E-state index contributed by atoms with van der Waals surface area (Å²) in [5, 5.41) is 13.7. The number of hydrogen-bond acceptors (Lipinski definition) is 7. The van der Waals surface area contributed by atoms with E-state index in [1.165, 1.54) is 0 Å². The molecule has 1 aromatic heterocycles. The molecule has 0 spiro atoms. The van der Waals surface area contributed by atoms with E-state index in [2.05, 4.69) is 19.8 Å². The maximum Gasteiger partial charge on any atom is 0.161 e. The molecule has 2 aromatic rings. The summed E-state index contributed by atoms with van der Waals surface area (Å²) in [5.74, 6) is 2.34. The first-order chi connectivity index (χ1) is 14.2. The number of nitrogens with zero attached hydrogens (tertiary/aromatic N) is 3. The Morgan fingerprint density at radius 1 is 1.28 bits per heavy atom. The monoisotopic (exact) mass is 404 g/mol. The van der Waals surface area contributed by atoms with Gasteiger partial charge in [0.2, 0.25) is 0 Å². The van der Waals surface area contributed by atoms with E-state index in [-0.39, 0.29) is 6.61 Å². The van der Waals surface area contributed by atoms with Crippen molar-refractivity contribution < 1.29 is 19.3 Å². The van der Waals surface area contributed by atoms with Crippen LogP contribution in [0.25, 0.3) is 0 Å². The van der Waals surface area contributed by atoms with E-state index in [0.29, 0.717) is 18.0 Å². The van der Waals surface area contributed by atoms with Gasteiger partial charge in [-0.05, 0) is 24.6 Å². The molecule has 1 fully saturated rings. The van der Waals surface area contributed by atoms with Crippen molar-refractivity contribution in [2.45, 2.75) is 26.1 Å². The van der Waals surface area contributed by atoms with E-state index in [9.17, 15) is 5.11 Å². The standard InChI is InChI=1S/C21H32N4O4/c1-17-23-6-8-25(17)7-5-22-14-18-3-4-20(21(13-18)27-2)29-16-19(26)15-24-9-11-28-12-10-24/h3-4,6,8,13,19,22,26H,5,7,9-12,14-16H2,1-2H3/t19-/m1/s1. The Balaban J connectivity index is 1.43. The van der Waals surface area contributed by atoms with Crippen molar-refractivity contribution >= 4 is 0 Å². The molecule has 1 saturated heterocycles. The van der Waals surface area contributed by atoms with Crippen LogP contribution >= 0.6 is 0 Å². The summed E-state index contributed by atoms with van der Waals surface area (Å²) in [6.45, 7) is 8.44. The summed E-state index contributed by atoms with van der Waals surface area (Å²) in [6, 6.07) is 5.89. The van der Waals surface area contributed by atoms with Crippen molar-refractivity contribution in [3.05, 3.63) is 42.0 Å². The minimum atomic E-state index is -0.550. The number of aryl methyl sites for hydroxylation is 1. The van der Waals surface area contributed by atoms with Crippen LogP contribution in [0.15, 0.2) is 30.6 Å². The predicted octanol–water partition coefficient (Wildman–Crippen LogP) is 1.06. The lowest BCUT2D eigenvalue weighted by molar-refractivity contribution is 0.00445. The van der Waals surface area contributed by atoms with E-state index in [1.54, 1.807) is 7.11 Å². The number of aliphatic hydroxyl groups is 1. The molecule has 8 heteroatoms. The van der Waals surface area contributed by atoms with E-state index in [1.807, 2.05) is 37.5 Å². The van der Waals surface area contributed by atoms with E-state index in [0.717, 1.165) is 57.3 Å². The molecule has 1 aromatic carbocycles. The predicted molar refractivity (Wildman–Crippen MR) is 110 cm³/mol. The molecule has 0 unspecified atom stereocenters. The van der Waals surface area contributed by atoms with E-state index < -0.39 is 6.10 Å². The number of methoxy groups -OCH3 is 1. The van der Waals surface area contributed by atoms with Gasteiger partial charge < -0.3 is 29.2 Å². The number of ether oxygens (including phenoxy) is 3. The average Bonchev–Trinajstić information content (AvgIpc) is 3.15. The zero-order valence-corrected chi connectivity index (χ0v) is 17.3. The highest BCUT2D eigenvalue weighted by molar-refractivity contribution is 5.43. The third-order valence-corrected chi connectivity index (χ3v) is 5.01. The van der Waals surface area contributed by atoms with Crippen LogP contribution in [-0.4, -0.2) is 78.8 Å². The first-order valence-electron chi connectivity index (χ1n) is 10.1. The van der Waals surface area contributed by atoms with Crippen LogP contribution in [0.5, 0.6) is 11.5 Å². The first-order valence-corrected chi connectivity index (χ1v) is 10.1. The largest absolute Gasteiger partial charge is 0.493 e. The third-order valence-electron chi connectivity index (χ3n) is 5.01. The summed E-state index contributed by atoms with van der Waals surface area (Å²) in [6.07, 6.45) is 3.25. The minimum absolute atomic E-state index is 0.232. The van der Waals surface area contributed by atoms with Crippen LogP contribution in [-0.2, 0) is 17.8 Å². The number of nitrogens with one attached hydrogen (secondary N) is 1. The molecule has 8 nitrogen and oxygen atoms in total. The van der Waals surface area contributed by atoms with Gasteiger partial charge in [0.1, 0.15) is 18.5 Å². The number of hydrogen-bond donors (Lipinski definition) is 2. The van der Waals surface area contributed by atoms with Gasteiger partial charge in [-0.1, -0.05) is 6.07 Å². The summed E-state index contributed by atoms with van der Waals surface area (Å²) in [4.78, 5) is 6.42. The number of imidazole rings is 1. The normalized spacial score (nSPS) is 16.0. The molecule has 1 aliphatic rings. The fourth-order valence-corrected chi connectivity index (χ4v) is 3.33. The Hall–Kier alpha value is -2.13. The smallest absolute Gasteiger partial charge is 0.161 e. The molecule has 0 radical (unpaired) electrons. The molecule has 2 heterocycles. The SMILES string of the molecule is COc1cc(CNCCn2ccnc2C)ccc1OC[C@H](O)CN1CCOCC1. The molecule has 1 aliphatic heterocycles. The first kappa shape index (κ1) is 21.6. The van der Waals surface area contributed by atoms with Gasteiger partial charge in [0.05, 0.1) is 20.3 Å². The summed E-state index contributed by atoms with van der Waals surface area (Å²) < 4.78 is 18.7. The average molecular weight is 405 g/mol. The molecule has 1 atom stereocenters. The van der Waals surface area contributed by atoms with Crippen LogP contribution in [0.3, 0.4) is 0 Å². The molecule has 29 heavy (non-hydrogen) atoms. The van der Waals surface area contributed by atoms with Gasteiger partial charge in [-0.25, -0.2) is 4.98 Å². The fourth-order valence-electron chi connectivity index (χ4n) is 3.33. The van der Waals surface area contributed by atoms with E-state index >= 15 is 0 Å². The fraction of sp³-hybridized carbons (Fsp3) is 0.571. The number of rotatable bonds is 11. The van der Waals surface area contributed by atoms with Crippen molar-refractivity contribution in [3.8, 4) is 11.5 Å². The highest BCUT2D eigenvalue weighted by Gasteiger charge is 2.16. The minimum Gasteiger partial charge on any atom is -0.493 e. The Kier molecular flexibility index (Phi) is 8.30. The second kappa shape index (κ2) is 11.2. The van der Waals surface area contributed by atoms with Crippen LogP contribution in [0.2, 0.25) is 0 Å². The maximum atomic E-state index is 10.3. The van der Waals surface area contributed by atoms with Crippen molar-refractivity contribution in [2.24, 2.45) is 0 Å². The molecule has 0 bridgehead atoms. The van der Waals surface area contributed by atoms with Crippen molar-refractivity contribution in [1.82, 2.24) is 19.8 Å². The van der Waals surface area contributed by atoms with Crippen LogP contribution < -0.4 is 14.8 Å². The summed E-state index contributed by atoms with van der Waals surface area (Å²) >= 11 is 0. The van der Waals surface area contributed by atoms with Gasteiger partial charge in [-0.3, -0.25) is 4.90 Å². The number of aliphatic hydroxyl groups excluding tert-OH is 1. The zero-order chi connectivity index (χ0) is 20.5. The number of benzene rings is 1. The molecular weight excluding hydrogens is 372 g/mol.